The highest BCUT2D eigenvalue weighted by molar-refractivity contribution is 5.38. The van der Waals surface area contributed by atoms with Gasteiger partial charge in [0.2, 0.25) is 0 Å². The van der Waals surface area contributed by atoms with Crippen LogP contribution in [0.1, 0.15) is 63.1 Å². The minimum atomic E-state index is 0.416. The van der Waals surface area contributed by atoms with Crippen molar-refractivity contribution in [2.24, 2.45) is 0 Å². The molecule has 1 heterocycles. The molecule has 0 bridgehead atoms. The second-order valence-corrected chi connectivity index (χ2v) is 6.37. The van der Waals surface area contributed by atoms with Gasteiger partial charge in [-0.1, -0.05) is 12.5 Å². The number of likely N-dealkylation sites (tertiary alicyclic amines) is 1. The molecule has 104 valence electrons. The Labute approximate surface area is 116 Å². The number of hydrogen-bond donors (Lipinski definition) is 1. The number of piperidine rings is 1. The van der Waals surface area contributed by atoms with Crippen LogP contribution in [0.4, 0.5) is 0 Å². The molecule has 1 aliphatic heterocycles. The van der Waals surface area contributed by atoms with Gasteiger partial charge in [-0.2, -0.15) is 0 Å². The molecule has 1 saturated heterocycles. The normalized spacial score (nSPS) is 32.0. The maximum absolute atomic E-state index is 9.68. The fourth-order valence-electron chi connectivity index (χ4n) is 4.14. The summed E-state index contributed by atoms with van der Waals surface area (Å²) in [6.07, 6.45) is 7.66. The van der Waals surface area contributed by atoms with Crippen molar-refractivity contribution in [3.8, 4) is 5.75 Å². The zero-order chi connectivity index (χ0) is 13.4. The summed E-state index contributed by atoms with van der Waals surface area (Å²) in [6.45, 7) is 4.76. The van der Waals surface area contributed by atoms with E-state index < -0.39 is 0 Å². The van der Waals surface area contributed by atoms with Gasteiger partial charge in [0.25, 0.3) is 0 Å². The third kappa shape index (κ3) is 2.38. The lowest BCUT2D eigenvalue weighted by Crippen LogP contribution is -2.46. The monoisotopic (exact) mass is 259 g/mol. The van der Waals surface area contributed by atoms with Gasteiger partial charge >= 0.3 is 0 Å². The van der Waals surface area contributed by atoms with E-state index in [-0.39, 0.29) is 0 Å². The molecule has 1 N–H and O–H groups in total. The number of hydrogen-bond acceptors (Lipinski definition) is 2. The van der Waals surface area contributed by atoms with Crippen molar-refractivity contribution in [2.45, 2.75) is 70.5 Å². The maximum atomic E-state index is 9.68. The van der Waals surface area contributed by atoms with E-state index in [1.54, 1.807) is 0 Å². The third-order valence-electron chi connectivity index (χ3n) is 5.03. The standard InChI is InChI=1S/C17H25NO/c1-12-5-3-6-13(2)18(12)17-8-4-7-14-11-15(19)9-10-16(14)17/h9-13,17,19H,3-8H2,1-2H3/t12-,13+,17?. The maximum Gasteiger partial charge on any atom is 0.115 e. The quantitative estimate of drug-likeness (QED) is 0.823. The SMILES string of the molecule is C[C@@H]1CCC[C@H](C)N1C1CCCc2cc(O)ccc21. The molecule has 0 aromatic heterocycles. The highest BCUT2D eigenvalue weighted by Crippen LogP contribution is 2.40. The van der Waals surface area contributed by atoms with E-state index in [0.717, 1.165) is 6.42 Å². The van der Waals surface area contributed by atoms with E-state index in [1.807, 2.05) is 12.1 Å². The Morgan fingerprint density at radius 2 is 1.79 bits per heavy atom. The molecule has 0 spiro atoms. The lowest BCUT2D eigenvalue weighted by Gasteiger charge is -2.46. The van der Waals surface area contributed by atoms with Crippen molar-refractivity contribution in [2.75, 3.05) is 0 Å². The third-order valence-corrected chi connectivity index (χ3v) is 5.03. The first-order valence-corrected chi connectivity index (χ1v) is 7.76. The van der Waals surface area contributed by atoms with Crippen LogP contribution in [0.3, 0.4) is 0 Å². The highest BCUT2D eigenvalue weighted by Gasteiger charge is 2.34. The van der Waals surface area contributed by atoms with Gasteiger partial charge in [0.15, 0.2) is 0 Å². The van der Waals surface area contributed by atoms with Crippen molar-refractivity contribution >= 4 is 0 Å². The van der Waals surface area contributed by atoms with Crippen LogP contribution in [0.15, 0.2) is 18.2 Å². The number of phenolic OH excluding ortho intramolecular Hbond substituents is 1. The first-order valence-electron chi connectivity index (χ1n) is 7.76. The van der Waals surface area contributed by atoms with Gasteiger partial charge in [0.05, 0.1) is 0 Å². The molecule has 2 aliphatic rings. The molecule has 0 amide bonds. The van der Waals surface area contributed by atoms with Crippen LogP contribution in [0.2, 0.25) is 0 Å². The lowest BCUT2D eigenvalue weighted by molar-refractivity contribution is 0.0460. The molecular formula is C17H25NO. The Hall–Kier alpha value is -1.02. The Balaban J connectivity index is 1.94. The van der Waals surface area contributed by atoms with Crippen LogP contribution in [-0.4, -0.2) is 22.1 Å². The number of aromatic hydroxyl groups is 1. The first kappa shape index (κ1) is 13.0. The van der Waals surface area contributed by atoms with Crippen LogP contribution in [0.25, 0.3) is 0 Å². The molecule has 1 fully saturated rings. The number of aryl methyl sites for hydroxylation is 1. The molecule has 19 heavy (non-hydrogen) atoms. The van der Waals surface area contributed by atoms with Crippen molar-refractivity contribution in [3.63, 3.8) is 0 Å². The summed E-state index contributed by atoms with van der Waals surface area (Å²) >= 11 is 0. The summed E-state index contributed by atoms with van der Waals surface area (Å²) in [5.74, 6) is 0.416. The van der Waals surface area contributed by atoms with Gasteiger partial charge in [-0.3, -0.25) is 4.90 Å². The van der Waals surface area contributed by atoms with Gasteiger partial charge in [0.1, 0.15) is 5.75 Å². The first-order chi connectivity index (χ1) is 9.16. The molecule has 1 aromatic rings. The number of phenols is 1. The average Bonchev–Trinajstić information content (AvgIpc) is 2.38. The van der Waals surface area contributed by atoms with Crippen molar-refractivity contribution in [1.29, 1.82) is 0 Å². The van der Waals surface area contributed by atoms with Gasteiger partial charge in [-0.25, -0.2) is 0 Å². The molecule has 2 heteroatoms. The van der Waals surface area contributed by atoms with Gasteiger partial charge in [-0.05, 0) is 69.2 Å². The second kappa shape index (κ2) is 5.16. The van der Waals surface area contributed by atoms with Crippen LogP contribution in [0, 0.1) is 0 Å². The smallest absolute Gasteiger partial charge is 0.115 e. The molecule has 1 unspecified atom stereocenters. The largest absolute Gasteiger partial charge is 0.508 e. The van der Waals surface area contributed by atoms with Crippen molar-refractivity contribution in [3.05, 3.63) is 29.3 Å². The molecule has 3 atom stereocenters. The van der Waals surface area contributed by atoms with Crippen LogP contribution in [-0.2, 0) is 6.42 Å². The van der Waals surface area contributed by atoms with Gasteiger partial charge in [-0.15, -0.1) is 0 Å². The number of rotatable bonds is 1. The fourth-order valence-corrected chi connectivity index (χ4v) is 4.14. The van der Waals surface area contributed by atoms with Crippen LogP contribution >= 0.6 is 0 Å². The predicted molar refractivity (Wildman–Crippen MR) is 78.4 cm³/mol. The lowest BCUT2D eigenvalue weighted by atomic mass is 9.83. The fraction of sp³-hybridized carbons (Fsp3) is 0.647. The minimum absolute atomic E-state index is 0.416. The highest BCUT2D eigenvalue weighted by atomic mass is 16.3. The number of benzene rings is 1. The van der Waals surface area contributed by atoms with E-state index in [1.165, 1.54) is 43.2 Å². The molecule has 0 saturated carbocycles. The molecule has 1 aliphatic carbocycles. The second-order valence-electron chi connectivity index (χ2n) is 6.37. The van der Waals surface area contributed by atoms with Gasteiger partial charge < -0.3 is 5.11 Å². The minimum Gasteiger partial charge on any atom is -0.508 e. The van der Waals surface area contributed by atoms with E-state index in [9.17, 15) is 5.11 Å². The summed E-state index contributed by atoms with van der Waals surface area (Å²) < 4.78 is 0. The molecule has 0 radical (unpaired) electrons. The van der Waals surface area contributed by atoms with Crippen LogP contribution in [0.5, 0.6) is 5.75 Å². The summed E-state index contributed by atoms with van der Waals surface area (Å²) in [6, 6.07) is 7.93. The summed E-state index contributed by atoms with van der Waals surface area (Å²) in [5.41, 5.74) is 2.82. The average molecular weight is 259 g/mol. The predicted octanol–water partition coefficient (Wildman–Crippen LogP) is 4.03. The van der Waals surface area contributed by atoms with Gasteiger partial charge in [0, 0.05) is 18.1 Å². The Bertz CT molecular complexity index is 447. The molecular weight excluding hydrogens is 234 g/mol. The Morgan fingerprint density at radius 1 is 1.05 bits per heavy atom. The topological polar surface area (TPSA) is 23.5 Å². The molecule has 2 nitrogen and oxygen atoms in total. The zero-order valence-corrected chi connectivity index (χ0v) is 12.1. The van der Waals surface area contributed by atoms with Crippen molar-refractivity contribution in [1.82, 2.24) is 4.90 Å². The van der Waals surface area contributed by atoms with Crippen LogP contribution < -0.4 is 0 Å². The summed E-state index contributed by atoms with van der Waals surface area (Å²) in [4.78, 5) is 2.73. The van der Waals surface area contributed by atoms with E-state index in [2.05, 4.69) is 24.8 Å². The number of fused-ring (bicyclic) bond motifs is 1. The summed E-state index contributed by atoms with van der Waals surface area (Å²) in [7, 11) is 0. The summed E-state index contributed by atoms with van der Waals surface area (Å²) in [5, 5.41) is 9.68. The molecule has 1 aromatic carbocycles. The van der Waals surface area contributed by atoms with E-state index >= 15 is 0 Å². The number of nitrogens with zero attached hydrogens (tertiary/aromatic N) is 1. The van der Waals surface area contributed by atoms with E-state index in [4.69, 9.17) is 0 Å². The Kier molecular flexibility index (Phi) is 3.53. The van der Waals surface area contributed by atoms with Crippen molar-refractivity contribution < 1.29 is 5.11 Å². The Morgan fingerprint density at radius 3 is 2.53 bits per heavy atom. The molecule has 3 rings (SSSR count). The van der Waals surface area contributed by atoms with E-state index in [0.29, 0.717) is 23.9 Å². The zero-order valence-electron chi connectivity index (χ0n) is 12.1.